The van der Waals surface area contributed by atoms with Gasteiger partial charge in [0.15, 0.2) is 0 Å². The predicted molar refractivity (Wildman–Crippen MR) is 151 cm³/mol. The third-order valence-corrected chi connectivity index (χ3v) is 6.92. The maximum atomic E-state index is 13.2. The molecule has 0 saturated carbocycles. The van der Waals surface area contributed by atoms with Crippen LogP contribution in [0.25, 0.3) is 33.2 Å². The van der Waals surface area contributed by atoms with Crippen molar-refractivity contribution in [3.05, 3.63) is 94.6 Å². The van der Waals surface area contributed by atoms with E-state index in [1.807, 2.05) is 12.1 Å². The van der Waals surface area contributed by atoms with Gasteiger partial charge in [0.1, 0.15) is 18.1 Å². The number of amides is 1. The molecule has 8 heteroatoms. The molecule has 3 N–H and O–H groups in total. The fourth-order valence-electron chi connectivity index (χ4n) is 5.09. The minimum atomic E-state index is -2.55. The molecule has 5 aromatic rings. The van der Waals surface area contributed by atoms with Gasteiger partial charge in [-0.15, -0.1) is 0 Å². The van der Waals surface area contributed by atoms with Gasteiger partial charge >= 0.3 is 0 Å². The zero-order chi connectivity index (χ0) is 27.7. The van der Waals surface area contributed by atoms with Gasteiger partial charge in [-0.25, -0.2) is 8.78 Å². The van der Waals surface area contributed by atoms with E-state index in [0.717, 1.165) is 34.0 Å². The van der Waals surface area contributed by atoms with Crippen molar-refractivity contribution in [1.82, 2.24) is 20.5 Å². The average Bonchev–Trinajstić information content (AvgIpc) is 3.52. The van der Waals surface area contributed by atoms with Crippen LogP contribution < -0.4 is 10.1 Å². The second kappa shape index (κ2) is 10.7. The number of aryl methyl sites for hydroxylation is 3. The number of aromatic amines is 2. The number of ether oxygens (including phenoxy) is 1. The second-order valence-electron chi connectivity index (χ2n) is 9.81. The number of nitrogens with zero attached hydrogens (tertiary/aromatic N) is 1. The maximum Gasteiger partial charge on any atom is 0.263 e. The van der Waals surface area contributed by atoms with Crippen molar-refractivity contribution in [3.63, 3.8) is 0 Å². The minimum absolute atomic E-state index is 0.0556. The van der Waals surface area contributed by atoms with E-state index in [1.165, 1.54) is 40.5 Å². The molecule has 2 heterocycles. The summed E-state index contributed by atoms with van der Waals surface area (Å²) >= 11 is 0. The van der Waals surface area contributed by atoms with Gasteiger partial charge in [-0.3, -0.25) is 9.89 Å². The smallest absolute Gasteiger partial charge is 0.263 e. The lowest BCUT2D eigenvalue weighted by Gasteiger charge is -2.14. The third kappa shape index (κ3) is 5.41. The van der Waals surface area contributed by atoms with E-state index in [4.69, 9.17) is 4.74 Å². The molecule has 3 aromatic carbocycles. The van der Waals surface area contributed by atoms with Gasteiger partial charge in [-0.05, 0) is 79.8 Å². The van der Waals surface area contributed by atoms with Gasteiger partial charge in [0.25, 0.3) is 6.43 Å². The van der Waals surface area contributed by atoms with Crippen molar-refractivity contribution >= 4 is 27.7 Å². The second-order valence-corrected chi connectivity index (χ2v) is 9.81. The van der Waals surface area contributed by atoms with E-state index in [2.05, 4.69) is 66.0 Å². The molecule has 0 unspecified atom stereocenters. The van der Waals surface area contributed by atoms with Crippen LogP contribution in [0.3, 0.4) is 0 Å². The van der Waals surface area contributed by atoms with Crippen molar-refractivity contribution in [2.24, 2.45) is 0 Å². The van der Waals surface area contributed by atoms with Gasteiger partial charge in [0.2, 0.25) is 5.91 Å². The normalized spacial score (nSPS) is 11.4. The maximum absolute atomic E-state index is 13.2. The number of benzene rings is 3. The standard InChI is InChI=1S/C31H30F2N4O2/c1-5-29(38)34-8-9-39-28-14-20(12-23-18(3)10-17(2)11-19(23)4)13-25-24(28)16-27(35-25)30-22-7-6-21(31(32)33)15-26(22)36-37-30/h5-7,10-11,13-16,31,35H,1,8-9,12H2,2-4H3,(H,34,38)(H,36,37). The first-order chi connectivity index (χ1) is 18.7. The van der Waals surface area contributed by atoms with E-state index in [1.54, 1.807) is 6.07 Å². The topological polar surface area (TPSA) is 82.8 Å². The zero-order valence-corrected chi connectivity index (χ0v) is 22.1. The van der Waals surface area contributed by atoms with Crippen LogP contribution >= 0.6 is 0 Å². The largest absolute Gasteiger partial charge is 0.491 e. The van der Waals surface area contributed by atoms with Crippen molar-refractivity contribution in [2.45, 2.75) is 33.6 Å². The summed E-state index contributed by atoms with van der Waals surface area (Å²) in [6.07, 6.45) is -0.598. The summed E-state index contributed by atoms with van der Waals surface area (Å²) in [7, 11) is 0. The summed E-state index contributed by atoms with van der Waals surface area (Å²) in [5, 5.41) is 11.6. The van der Waals surface area contributed by atoms with Crippen molar-refractivity contribution in [2.75, 3.05) is 13.2 Å². The first-order valence-corrected chi connectivity index (χ1v) is 12.8. The molecule has 200 valence electrons. The Hall–Kier alpha value is -4.46. The van der Waals surface area contributed by atoms with Crippen LogP contribution in [0.15, 0.2) is 61.2 Å². The Kier molecular flexibility index (Phi) is 7.19. The van der Waals surface area contributed by atoms with Crippen LogP contribution in [0.1, 0.15) is 39.8 Å². The summed E-state index contributed by atoms with van der Waals surface area (Å²) in [4.78, 5) is 15.0. The molecule has 0 aliphatic rings. The van der Waals surface area contributed by atoms with Crippen molar-refractivity contribution in [1.29, 1.82) is 0 Å². The number of hydrogen-bond acceptors (Lipinski definition) is 3. The molecule has 0 spiro atoms. The number of hydrogen-bond donors (Lipinski definition) is 3. The lowest BCUT2D eigenvalue weighted by Crippen LogP contribution is -2.26. The van der Waals surface area contributed by atoms with Gasteiger partial charge in [0, 0.05) is 21.9 Å². The fraction of sp³-hybridized carbons (Fsp3) is 0.226. The third-order valence-electron chi connectivity index (χ3n) is 6.92. The number of nitrogens with one attached hydrogen (secondary N) is 3. The number of aromatic nitrogens is 3. The monoisotopic (exact) mass is 528 g/mol. The van der Waals surface area contributed by atoms with Crippen LogP contribution in [0, 0.1) is 20.8 Å². The molecule has 5 rings (SSSR count). The highest BCUT2D eigenvalue weighted by atomic mass is 19.3. The molecule has 0 saturated heterocycles. The molecule has 1 amide bonds. The highest BCUT2D eigenvalue weighted by Gasteiger charge is 2.17. The number of H-pyrrole nitrogens is 2. The molecule has 2 aromatic heterocycles. The van der Waals surface area contributed by atoms with Crippen LogP contribution in [0.2, 0.25) is 0 Å². The van der Waals surface area contributed by atoms with E-state index < -0.39 is 6.43 Å². The van der Waals surface area contributed by atoms with Crippen LogP contribution in [0.5, 0.6) is 5.75 Å². The first kappa shape index (κ1) is 26.2. The lowest BCUT2D eigenvalue weighted by atomic mass is 9.94. The molecule has 0 bridgehead atoms. The number of halogens is 2. The molecule has 0 atom stereocenters. The number of alkyl halides is 2. The molecular weight excluding hydrogens is 498 g/mol. The van der Waals surface area contributed by atoms with Gasteiger partial charge in [-0.2, -0.15) is 5.10 Å². The van der Waals surface area contributed by atoms with Crippen molar-refractivity contribution < 1.29 is 18.3 Å². The first-order valence-electron chi connectivity index (χ1n) is 12.8. The fourth-order valence-corrected chi connectivity index (χ4v) is 5.09. The summed E-state index contributed by atoms with van der Waals surface area (Å²) < 4.78 is 32.5. The molecule has 0 radical (unpaired) electrons. The van der Waals surface area contributed by atoms with Crippen LogP contribution in [-0.4, -0.2) is 34.2 Å². The summed E-state index contributed by atoms with van der Waals surface area (Å²) in [5.41, 5.74) is 8.78. The van der Waals surface area contributed by atoms with E-state index >= 15 is 0 Å². The van der Waals surface area contributed by atoms with E-state index in [0.29, 0.717) is 23.5 Å². The average molecular weight is 529 g/mol. The van der Waals surface area contributed by atoms with Gasteiger partial charge in [-0.1, -0.05) is 36.4 Å². The van der Waals surface area contributed by atoms with Crippen LogP contribution in [-0.2, 0) is 11.2 Å². The van der Waals surface area contributed by atoms with Gasteiger partial charge < -0.3 is 15.0 Å². The zero-order valence-electron chi connectivity index (χ0n) is 22.1. The molecule has 0 aliphatic carbocycles. The number of carbonyl (C=O) groups excluding carboxylic acids is 1. The summed E-state index contributed by atoms with van der Waals surface area (Å²) in [5.74, 6) is 0.423. The number of fused-ring (bicyclic) bond motifs is 2. The van der Waals surface area contributed by atoms with Crippen molar-refractivity contribution in [3.8, 4) is 17.1 Å². The number of carbonyl (C=O) groups is 1. The highest BCUT2D eigenvalue weighted by Crippen LogP contribution is 2.35. The van der Waals surface area contributed by atoms with Gasteiger partial charge in [0.05, 0.1) is 17.8 Å². The molecule has 39 heavy (non-hydrogen) atoms. The number of rotatable bonds is 9. The highest BCUT2D eigenvalue weighted by molar-refractivity contribution is 5.97. The Balaban J connectivity index is 1.54. The van der Waals surface area contributed by atoms with E-state index in [-0.39, 0.29) is 18.1 Å². The lowest BCUT2D eigenvalue weighted by molar-refractivity contribution is -0.116. The predicted octanol–water partition coefficient (Wildman–Crippen LogP) is 6.85. The minimum Gasteiger partial charge on any atom is -0.491 e. The Morgan fingerprint density at radius 2 is 1.82 bits per heavy atom. The summed E-state index contributed by atoms with van der Waals surface area (Å²) in [6, 6.07) is 15.0. The quantitative estimate of drug-likeness (QED) is 0.145. The molecule has 0 fully saturated rings. The summed E-state index contributed by atoms with van der Waals surface area (Å²) in [6.45, 7) is 10.4. The Morgan fingerprint density at radius 3 is 2.54 bits per heavy atom. The SMILES string of the molecule is C=CC(=O)NCCOc1cc(Cc2c(C)cc(C)cc2C)cc2[nH]c(-c3n[nH]c4cc(C(F)F)ccc34)cc12. The van der Waals surface area contributed by atoms with E-state index in [9.17, 15) is 13.6 Å². The Bertz CT molecular complexity index is 1680. The Morgan fingerprint density at radius 1 is 1.05 bits per heavy atom. The molecule has 6 nitrogen and oxygen atoms in total. The van der Waals surface area contributed by atoms with Crippen LogP contribution in [0.4, 0.5) is 8.78 Å². The molecular formula is C31H30F2N4O2. The molecule has 0 aliphatic heterocycles. The Labute approximate surface area is 225 Å².